The lowest BCUT2D eigenvalue weighted by Crippen LogP contribution is -2.31. The van der Waals surface area contributed by atoms with Crippen LogP contribution in [0.2, 0.25) is 0 Å². The van der Waals surface area contributed by atoms with Gasteiger partial charge < -0.3 is 15.2 Å². The molecule has 0 aromatic heterocycles. The summed E-state index contributed by atoms with van der Waals surface area (Å²) in [5.74, 6) is -2.26. The van der Waals surface area contributed by atoms with E-state index >= 15 is 0 Å². The Hall–Kier alpha value is -2.24. The predicted molar refractivity (Wildman–Crippen MR) is 118 cm³/mol. The summed E-state index contributed by atoms with van der Waals surface area (Å²) in [6, 6.07) is 7.86. The SMILES string of the molecule is O=C(O)CCN1C(=O)c2ccc(NC(=O)COc3c(Br)cc(Br)cc3Br)cc2C1=O. The van der Waals surface area contributed by atoms with E-state index in [0.29, 0.717) is 20.4 Å². The zero-order valence-corrected chi connectivity index (χ0v) is 19.8. The highest BCUT2D eigenvalue weighted by molar-refractivity contribution is 9.11. The molecule has 0 spiro atoms. The first-order chi connectivity index (χ1) is 14.2. The number of benzene rings is 2. The second-order valence-electron chi connectivity index (χ2n) is 6.20. The lowest BCUT2D eigenvalue weighted by Gasteiger charge is -2.11. The van der Waals surface area contributed by atoms with Crippen molar-refractivity contribution in [1.82, 2.24) is 4.90 Å². The second kappa shape index (κ2) is 9.27. The first-order valence-electron chi connectivity index (χ1n) is 8.46. The molecule has 2 aromatic rings. The van der Waals surface area contributed by atoms with Crippen LogP contribution in [0.15, 0.2) is 43.7 Å². The summed E-state index contributed by atoms with van der Waals surface area (Å²) in [6.07, 6.45) is -0.340. The molecule has 0 fully saturated rings. The van der Waals surface area contributed by atoms with E-state index in [0.717, 1.165) is 9.37 Å². The number of amides is 3. The molecule has 11 heteroatoms. The average Bonchev–Trinajstić information content (AvgIpc) is 2.89. The van der Waals surface area contributed by atoms with Crippen molar-refractivity contribution in [2.45, 2.75) is 6.42 Å². The lowest BCUT2D eigenvalue weighted by molar-refractivity contribution is -0.137. The first-order valence-corrected chi connectivity index (χ1v) is 10.8. The van der Waals surface area contributed by atoms with Gasteiger partial charge in [0.05, 0.1) is 26.5 Å². The van der Waals surface area contributed by atoms with Gasteiger partial charge in [-0.15, -0.1) is 0 Å². The van der Waals surface area contributed by atoms with Crippen LogP contribution in [0.1, 0.15) is 27.1 Å². The van der Waals surface area contributed by atoms with Crippen LogP contribution in [-0.4, -0.2) is 46.8 Å². The van der Waals surface area contributed by atoms with E-state index in [1.165, 1.54) is 18.2 Å². The quantitative estimate of drug-likeness (QED) is 0.461. The van der Waals surface area contributed by atoms with E-state index in [4.69, 9.17) is 9.84 Å². The molecule has 30 heavy (non-hydrogen) atoms. The van der Waals surface area contributed by atoms with Gasteiger partial charge in [-0.25, -0.2) is 0 Å². The second-order valence-corrected chi connectivity index (χ2v) is 8.83. The number of hydrogen-bond donors (Lipinski definition) is 2. The Balaban J connectivity index is 1.67. The summed E-state index contributed by atoms with van der Waals surface area (Å²) >= 11 is 10.1. The highest BCUT2D eigenvalue weighted by atomic mass is 79.9. The Morgan fingerprint density at radius 3 is 2.27 bits per heavy atom. The van der Waals surface area contributed by atoms with Crippen LogP contribution in [-0.2, 0) is 9.59 Å². The van der Waals surface area contributed by atoms with Gasteiger partial charge in [0, 0.05) is 16.7 Å². The Kier molecular flexibility index (Phi) is 6.94. The summed E-state index contributed by atoms with van der Waals surface area (Å²) in [4.78, 5) is 48.6. The third-order valence-corrected chi connectivity index (χ3v) is 5.75. The minimum Gasteiger partial charge on any atom is -0.481 e. The number of carboxylic acids is 1. The Bertz CT molecular complexity index is 1050. The minimum absolute atomic E-state index is 0.113. The molecule has 0 bridgehead atoms. The normalized spacial score (nSPS) is 12.7. The van der Waals surface area contributed by atoms with Crippen molar-refractivity contribution < 1.29 is 29.0 Å². The van der Waals surface area contributed by atoms with Crippen LogP contribution in [0.5, 0.6) is 5.75 Å². The third-order valence-electron chi connectivity index (χ3n) is 4.11. The molecule has 1 aliphatic heterocycles. The molecular formula is C19H13Br3N2O6. The maximum atomic E-state index is 12.4. The monoisotopic (exact) mass is 602 g/mol. The maximum Gasteiger partial charge on any atom is 0.305 e. The van der Waals surface area contributed by atoms with Crippen molar-refractivity contribution in [1.29, 1.82) is 0 Å². The molecule has 0 radical (unpaired) electrons. The largest absolute Gasteiger partial charge is 0.481 e. The molecule has 0 unspecified atom stereocenters. The number of aliphatic carboxylic acids is 1. The molecule has 0 saturated carbocycles. The smallest absolute Gasteiger partial charge is 0.305 e. The van der Waals surface area contributed by atoms with E-state index in [-0.39, 0.29) is 30.7 Å². The molecule has 0 atom stereocenters. The predicted octanol–water partition coefficient (Wildman–Crippen LogP) is 4.06. The fourth-order valence-electron chi connectivity index (χ4n) is 2.78. The summed E-state index contributed by atoms with van der Waals surface area (Å²) in [7, 11) is 0. The van der Waals surface area contributed by atoms with Crippen molar-refractivity contribution in [2.75, 3.05) is 18.5 Å². The molecule has 1 aliphatic rings. The zero-order valence-electron chi connectivity index (χ0n) is 15.1. The number of ether oxygens (including phenoxy) is 1. The molecule has 0 aliphatic carbocycles. The van der Waals surface area contributed by atoms with Gasteiger partial charge >= 0.3 is 5.97 Å². The highest BCUT2D eigenvalue weighted by Gasteiger charge is 2.35. The molecular weight excluding hydrogens is 592 g/mol. The number of nitrogens with zero attached hydrogens (tertiary/aromatic N) is 1. The molecule has 3 amide bonds. The van der Waals surface area contributed by atoms with E-state index in [1.54, 1.807) is 12.1 Å². The topological polar surface area (TPSA) is 113 Å². The van der Waals surface area contributed by atoms with Gasteiger partial charge in [0.15, 0.2) is 6.61 Å². The van der Waals surface area contributed by atoms with Crippen molar-refractivity contribution >= 4 is 77.2 Å². The van der Waals surface area contributed by atoms with Gasteiger partial charge in [-0.2, -0.15) is 0 Å². The lowest BCUT2D eigenvalue weighted by atomic mass is 10.1. The number of carbonyl (C=O) groups is 4. The van der Waals surface area contributed by atoms with Crippen molar-refractivity contribution in [3.63, 3.8) is 0 Å². The zero-order chi connectivity index (χ0) is 22.0. The van der Waals surface area contributed by atoms with E-state index in [2.05, 4.69) is 53.1 Å². The van der Waals surface area contributed by atoms with Gasteiger partial charge in [-0.05, 0) is 62.2 Å². The van der Waals surface area contributed by atoms with Gasteiger partial charge in [0.1, 0.15) is 5.75 Å². The number of anilines is 1. The van der Waals surface area contributed by atoms with Gasteiger partial charge in [0.25, 0.3) is 17.7 Å². The summed E-state index contributed by atoms with van der Waals surface area (Å²) < 4.78 is 7.68. The maximum absolute atomic E-state index is 12.4. The fraction of sp³-hybridized carbons (Fsp3) is 0.158. The van der Waals surface area contributed by atoms with Gasteiger partial charge in [-0.3, -0.25) is 24.1 Å². The highest BCUT2D eigenvalue weighted by Crippen LogP contribution is 2.36. The van der Waals surface area contributed by atoms with Crippen LogP contribution < -0.4 is 10.1 Å². The van der Waals surface area contributed by atoms with Crippen molar-refractivity contribution in [3.05, 3.63) is 54.9 Å². The van der Waals surface area contributed by atoms with E-state index < -0.39 is 23.7 Å². The number of carboxylic acid groups (broad SMARTS) is 1. The van der Waals surface area contributed by atoms with E-state index in [9.17, 15) is 19.2 Å². The number of carbonyl (C=O) groups excluding carboxylic acids is 3. The average molecular weight is 605 g/mol. The molecule has 2 N–H and O–H groups in total. The minimum atomic E-state index is -1.11. The van der Waals surface area contributed by atoms with Crippen LogP contribution in [0.25, 0.3) is 0 Å². The standard InChI is InChI=1S/C19H13Br3N2O6/c20-9-5-13(21)17(14(22)6-9)30-8-15(25)23-10-1-2-11-12(7-10)19(29)24(18(11)28)4-3-16(26)27/h1-2,5-7H,3-4,8H2,(H,23,25)(H,26,27). The number of fused-ring (bicyclic) bond motifs is 1. The molecule has 0 saturated heterocycles. The third kappa shape index (κ3) is 4.90. The summed E-state index contributed by atoms with van der Waals surface area (Å²) in [6.45, 7) is -0.498. The van der Waals surface area contributed by atoms with Gasteiger partial charge in [-0.1, -0.05) is 15.9 Å². The number of hydrogen-bond acceptors (Lipinski definition) is 5. The first kappa shape index (κ1) is 22.4. The fourth-order valence-corrected chi connectivity index (χ4v) is 5.27. The molecule has 2 aromatic carbocycles. The number of rotatable bonds is 7. The van der Waals surface area contributed by atoms with Crippen LogP contribution in [0.3, 0.4) is 0 Å². The summed E-state index contributed by atoms with van der Waals surface area (Å²) in [5.41, 5.74) is 0.599. The molecule has 1 heterocycles. The Labute approximate surface area is 196 Å². The van der Waals surface area contributed by atoms with Gasteiger partial charge in [0.2, 0.25) is 0 Å². The van der Waals surface area contributed by atoms with Crippen LogP contribution in [0, 0.1) is 0 Å². The molecule has 8 nitrogen and oxygen atoms in total. The van der Waals surface area contributed by atoms with E-state index in [1.807, 2.05) is 0 Å². The van der Waals surface area contributed by atoms with Crippen molar-refractivity contribution in [2.24, 2.45) is 0 Å². The Morgan fingerprint density at radius 2 is 1.63 bits per heavy atom. The number of nitrogens with one attached hydrogen (secondary N) is 1. The Morgan fingerprint density at radius 1 is 1.00 bits per heavy atom. The molecule has 3 rings (SSSR count). The molecule has 156 valence electrons. The summed E-state index contributed by atoms with van der Waals surface area (Å²) in [5, 5.41) is 11.4. The van der Waals surface area contributed by atoms with Crippen LogP contribution in [0.4, 0.5) is 5.69 Å². The van der Waals surface area contributed by atoms with Crippen LogP contribution >= 0.6 is 47.8 Å². The van der Waals surface area contributed by atoms with Crippen molar-refractivity contribution in [3.8, 4) is 5.75 Å². The number of imide groups is 1. The number of halogens is 3.